The summed E-state index contributed by atoms with van der Waals surface area (Å²) in [7, 11) is 0. The molecule has 0 aliphatic rings. The Kier molecular flexibility index (Phi) is 6.60. The molecule has 1 N–H and O–H groups in total. The molecule has 0 aromatic heterocycles. The Morgan fingerprint density at radius 2 is 1.91 bits per heavy atom. The molecule has 0 unspecified atom stereocenters. The van der Waals surface area contributed by atoms with Crippen molar-refractivity contribution in [1.82, 2.24) is 0 Å². The number of carbonyl (C=O) groups is 2. The van der Waals surface area contributed by atoms with Gasteiger partial charge in [0, 0.05) is 4.47 Å². The Morgan fingerprint density at radius 3 is 2.41 bits per heavy atom. The summed E-state index contributed by atoms with van der Waals surface area (Å²) >= 11 is 3.35. The van der Waals surface area contributed by atoms with Crippen LogP contribution in [0, 0.1) is 5.41 Å². The molecule has 0 saturated carbocycles. The molecule has 22 heavy (non-hydrogen) atoms. The molecule has 0 heterocycles. The molecule has 1 aromatic carbocycles. The average molecular weight is 371 g/mol. The lowest BCUT2D eigenvalue weighted by atomic mass is 9.87. The number of carboxylic acid groups (broad SMARTS) is 1. The molecular formula is C17H23BrO4. The van der Waals surface area contributed by atoms with Gasteiger partial charge in [0.2, 0.25) is 0 Å². The van der Waals surface area contributed by atoms with E-state index in [1.54, 1.807) is 12.1 Å². The van der Waals surface area contributed by atoms with E-state index in [1.807, 2.05) is 6.92 Å². The Balaban J connectivity index is 3.17. The molecular weight excluding hydrogens is 348 g/mol. The number of benzene rings is 1. The molecule has 0 fully saturated rings. The Hall–Kier alpha value is -1.36. The zero-order chi connectivity index (χ0) is 16.9. The van der Waals surface area contributed by atoms with Gasteiger partial charge in [0.1, 0.15) is 0 Å². The third kappa shape index (κ3) is 5.13. The number of hydrogen-bond donors (Lipinski definition) is 1. The minimum absolute atomic E-state index is 0.0153. The predicted molar refractivity (Wildman–Crippen MR) is 89.5 cm³/mol. The Bertz CT molecular complexity index is 559. The number of esters is 1. The zero-order valence-corrected chi connectivity index (χ0v) is 15.1. The number of halogens is 1. The lowest BCUT2D eigenvalue weighted by Gasteiger charge is -2.20. The van der Waals surface area contributed by atoms with E-state index in [1.165, 1.54) is 0 Å². The molecule has 122 valence electrons. The summed E-state index contributed by atoms with van der Waals surface area (Å²) in [6.07, 6.45) is 2.38. The van der Waals surface area contributed by atoms with E-state index in [0.717, 1.165) is 18.4 Å². The predicted octanol–water partition coefficient (Wildman–Crippen LogP) is 4.69. The van der Waals surface area contributed by atoms with E-state index in [-0.39, 0.29) is 16.5 Å². The minimum Gasteiger partial charge on any atom is -0.478 e. The number of rotatable bonds is 6. The molecule has 0 radical (unpaired) electrons. The van der Waals surface area contributed by atoms with Crippen LogP contribution in [0.5, 0.6) is 0 Å². The molecule has 0 saturated heterocycles. The molecule has 1 aromatic rings. The fourth-order valence-electron chi connectivity index (χ4n) is 2.09. The van der Waals surface area contributed by atoms with Crippen LogP contribution in [-0.2, 0) is 11.2 Å². The number of carbonyl (C=O) groups excluding carboxylic acids is 1. The summed E-state index contributed by atoms with van der Waals surface area (Å²) < 4.78 is 5.59. The number of carboxylic acids is 1. The first-order chi connectivity index (χ1) is 10.2. The average Bonchev–Trinajstić information content (AvgIpc) is 2.39. The second-order valence-corrected chi connectivity index (χ2v) is 7.29. The van der Waals surface area contributed by atoms with E-state index >= 15 is 0 Å². The molecule has 5 heteroatoms. The Morgan fingerprint density at radius 1 is 1.27 bits per heavy atom. The van der Waals surface area contributed by atoms with Gasteiger partial charge in [-0.3, -0.25) is 0 Å². The van der Waals surface area contributed by atoms with Crippen molar-refractivity contribution in [3.05, 3.63) is 33.3 Å². The van der Waals surface area contributed by atoms with Crippen LogP contribution in [0.2, 0.25) is 0 Å². The van der Waals surface area contributed by atoms with Gasteiger partial charge in [-0.2, -0.15) is 0 Å². The number of unbranched alkanes of at least 4 members (excludes halogenated alkanes) is 1. The van der Waals surface area contributed by atoms with Crippen LogP contribution >= 0.6 is 15.9 Å². The summed E-state index contributed by atoms with van der Waals surface area (Å²) in [5.41, 5.74) is 0.952. The van der Waals surface area contributed by atoms with Crippen molar-refractivity contribution in [2.45, 2.75) is 47.0 Å². The van der Waals surface area contributed by atoms with Gasteiger partial charge in [-0.15, -0.1) is 0 Å². The first kappa shape index (κ1) is 18.7. The van der Waals surface area contributed by atoms with Gasteiger partial charge in [-0.25, -0.2) is 9.59 Å². The first-order valence-electron chi connectivity index (χ1n) is 7.39. The van der Waals surface area contributed by atoms with Gasteiger partial charge in [-0.05, 0) is 45.8 Å². The summed E-state index contributed by atoms with van der Waals surface area (Å²) in [6.45, 7) is 8.52. The lowest BCUT2D eigenvalue weighted by molar-refractivity contribution is 0.0489. The maximum absolute atomic E-state index is 12.1. The molecule has 1 rings (SSSR count). The third-order valence-corrected chi connectivity index (χ3v) is 4.01. The van der Waals surface area contributed by atoms with Crippen molar-refractivity contribution < 1.29 is 19.4 Å². The molecule has 0 atom stereocenters. The Labute approximate surface area is 140 Å². The van der Waals surface area contributed by atoms with Crippen LogP contribution < -0.4 is 0 Å². The fraction of sp³-hybridized carbons (Fsp3) is 0.529. The van der Waals surface area contributed by atoms with Crippen molar-refractivity contribution >= 4 is 27.9 Å². The van der Waals surface area contributed by atoms with Crippen molar-refractivity contribution in [2.75, 3.05) is 6.61 Å². The largest absolute Gasteiger partial charge is 0.478 e. The third-order valence-electron chi connectivity index (χ3n) is 3.11. The summed E-state index contributed by atoms with van der Waals surface area (Å²) in [5.74, 6) is -1.72. The summed E-state index contributed by atoms with van der Waals surface area (Å²) in [4.78, 5) is 23.6. The van der Waals surface area contributed by atoms with Crippen LogP contribution in [0.15, 0.2) is 16.6 Å². The van der Waals surface area contributed by atoms with Gasteiger partial charge in [-0.1, -0.05) is 40.2 Å². The summed E-state index contributed by atoms with van der Waals surface area (Å²) in [6, 6.07) is 3.34. The smallest absolute Gasteiger partial charge is 0.339 e. The SMILES string of the molecule is CCCCOC(=O)c1ccc(CC(C)(C)C)c(Br)c1C(=O)O. The fourth-order valence-corrected chi connectivity index (χ4v) is 2.75. The number of hydrogen-bond acceptors (Lipinski definition) is 3. The maximum atomic E-state index is 12.1. The number of ether oxygens (including phenoxy) is 1. The van der Waals surface area contributed by atoms with Gasteiger partial charge in [0.25, 0.3) is 0 Å². The lowest BCUT2D eigenvalue weighted by Crippen LogP contribution is -2.16. The molecule has 0 bridgehead atoms. The first-order valence-corrected chi connectivity index (χ1v) is 8.18. The normalized spacial score (nSPS) is 11.3. The van der Waals surface area contributed by atoms with Crippen LogP contribution in [0.25, 0.3) is 0 Å². The highest BCUT2D eigenvalue weighted by Crippen LogP contribution is 2.31. The van der Waals surface area contributed by atoms with Gasteiger partial charge >= 0.3 is 11.9 Å². The van der Waals surface area contributed by atoms with Crippen LogP contribution in [0.4, 0.5) is 0 Å². The van der Waals surface area contributed by atoms with Gasteiger partial charge in [0.05, 0.1) is 17.7 Å². The molecule has 0 spiro atoms. The topological polar surface area (TPSA) is 63.6 Å². The van der Waals surface area contributed by atoms with Crippen molar-refractivity contribution in [3.8, 4) is 0 Å². The molecule has 0 aliphatic heterocycles. The van der Waals surface area contributed by atoms with E-state index in [2.05, 4.69) is 36.7 Å². The minimum atomic E-state index is -1.13. The monoisotopic (exact) mass is 370 g/mol. The van der Waals surface area contributed by atoms with Crippen LogP contribution in [-0.4, -0.2) is 23.7 Å². The van der Waals surface area contributed by atoms with E-state index in [4.69, 9.17) is 4.74 Å². The highest BCUT2D eigenvalue weighted by molar-refractivity contribution is 9.10. The quantitative estimate of drug-likeness (QED) is 0.582. The molecule has 0 amide bonds. The molecule has 4 nitrogen and oxygen atoms in total. The zero-order valence-electron chi connectivity index (χ0n) is 13.5. The maximum Gasteiger partial charge on any atom is 0.339 e. The molecule has 0 aliphatic carbocycles. The van der Waals surface area contributed by atoms with Crippen LogP contribution in [0.3, 0.4) is 0 Å². The van der Waals surface area contributed by atoms with Crippen molar-refractivity contribution in [1.29, 1.82) is 0 Å². The van der Waals surface area contributed by atoms with Crippen LogP contribution in [0.1, 0.15) is 66.8 Å². The van der Waals surface area contributed by atoms with Gasteiger partial charge in [0.15, 0.2) is 0 Å². The summed E-state index contributed by atoms with van der Waals surface area (Å²) in [5, 5.41) is 9.45. The second-order valence-electron chi connectivity index (χ2n) is 6.49. The van der Waals surface area contributed by atoms with Crippen molar-refractivity contribution in [2.24, 2.45) is 5.41 Å². The highest BCUT2D eigenvalue weighted by atomic mass is 79.9. The van der Waals surface area contributed by atoms with Gasteiger partial charge < -0.3 is 9.84 Å². The standard InChI is InChI=1S/C17H23BrO4/c1-5-6-9-22-16(21)12-8-7-11(10-17(2,3)4)14(18)13(12)15(19)20/h7-8H,5-6,9-10H2,1-4H3,(H,19,20). The second kappa shape index (κ2) is 7.77. The highest BCUT2D eigenvalue weighted by Gasteiger charge is 2.24. The van der Waals surface area contributed by atoms with Crippen molar-refractivity contribution in [3.63, 3.8) is 0 Å². The number of aromatic carboxylic acids is 1. The van der Waals surface area contributed by atoms with E-state index in [0.29, 0.717) is 17.5 Å². The van der Waals surface area contributed by atoms with E-state index in [9.17, 15) is 14.7 Å². The van der Waals surface area contributed by atoms with E-state index < -0.39 is 11.9 Å².